The SMILES string of the molecule is CC(C)[C@@H]1OCCC[C@@H]1C(=O)N(C)Cc1nc2ccccc2n1C. The maximum Gasteiger partial charge on any atom is 0.228 e. The molecule has 130 valence electrons. The van der Waals surface area contributed by atoms with Crippen LogP contribution in [-0.2, 0) is 23.1 Å². The Hall–Kier alpha value is -1.88. The average molecular weight is 329 g/mol. The van der Waals surface area contributed by atoms with Crippen LogP contribution in [0.25, 0.3) is 11.0 Å². The van der Waals surface area contributed by atoms with Gasteiger partial charge in [-0.2, -0.15) is 0 Å². The summed E-state index contributed by atoms with van der Waals surface area (Å²) in [6, 6.07) is 8.05. The third-order valence-electron chi connectivity index (χ3n) is 4.98. The minimum Gasteiger partial charge on any atom is -0.377 e. The molecule has 0 radical (unpaired) electrons. The van der Waals surface area contributed by atoms with Crippen LogP contribution >= 0.6 is 0 Å². The van der Waals surface area contributed by atoms with Gasteiger partial charge in [-0.3, -0.25) is 4.79 Å². The summed E-state index contributed by atoms with van der Waals surface area (Å²) in [5.74, 6) is 1.38. The van der Waals surface area contributed by atoms with Gasteiger partial charge in [0, 0.05) is 20.7 Å². The van der Waals surface area contributed by atoms with E-state index in [-0.39, 0.29) is 17.9 Å². The van der Waals surface area contributed by atoms with Crippen LogP contribution in [0, 0.1) is 11.8 Å². The summed E-state index contributed by atoms with van der Waals surface area (Å²) in [6.45, 7) is 5.54. The molecular formula is C19H27N3O2. The molecule has 1 amide bonds. The molecule has 1 aliphatic heterocycles. The van der Waals surface area contributed by atoms with E-state index in [4.69, 9.17) is 4.74 Å². The van der Waals surface area contributed by atoms with Crippen molar-refractivity contribution in [3.8, 4) is 0 Å². The van der Waals surface area contributed by atoms with Crippen molar-refractivity contribution in [2.24, 2.45) is 18.9 Å². The maximum atomic E-state index is 13.0. The van der Waals surface area contributed by atoms with Gasteiger partial charge < -0.3 is 14.2 Å². The molecule has 0 spiro atoms. The van der Waals surface area contributed by atoms with Crippen molar-refractivity contribution >= 4 is 16.9 Å². The van der Waals surface area contributed by atoms with Crippen molar-refractivity contribution in [1.82, 2.24) is 14.5 Å². The third-order valence-corrected chi connectivity index (χ3v) is 4.98. The standard InChI is InChI=1S/C19H27N3O2/c1-13(2)18-14(8-7-11-24-18)19(23)21(3)12-17-20-15-9-5-6-10-16(15)22(17)4/h5-6,9-10,13-14,18H,7-8,11-12H2,1-4H3/t14-,18-/m0/s1. The average Bonchev–Trinajstić information content (AvgIpc) is 2.90. The number of benzene rings is 1. The van der Waals surface area contributed by atoms with Crippen LogP contribution in [0.15, 0.2) is 24.3 Å². The lowest BCUT2D eigenvalue weighted by molar-refractivity contribution is -0.147. The lowest BCUT2D eigenvalue weighted by Crippen LogP contribution is -2.44. The van der Waals surface area contributed by atoms with Crippen LogP contribution in [0.2, 0.25) is 0 Å². The number of rotatable bonds is 4. The molecule has 1 aromatic carbocycles. The Kier molecular flexibility index (Phi) is 4.90. The summed E-state index contributed by atoms with van der Waals surface area (Å²) < 4.78 is 7.94. The van der Waals surface area contributed by atoms with E-state index in [0.29, 0.717) is 12.5 Å². The number of carbonyl (C=O) groups is 1. The molecule has 2 heterocycles. The maximum absolute atomic E-state index is 13.0. The number of carbonyl (C=O) groups excluding carboxylic acids is 1. The van der Waals surface area contributed by atoms with Crippen molar-refractivity contribution in [3.05, 3.63) is 30.1 Å². The van der Waals surface area contributed by atoms with Gasteiger partial charge in [-0.1, -0.05) is 26.0 Å². The first-order valence-corrected chi connectivity index (χ1v) is 8.76. The molecule has 0 bridgehead atoms. The van der Waals surface area contributed by atoms with Crippen molar-refractivity contribution in [2.45, 2.75) is 39.3 Å². The summed E-state index contributed by atoms with van der Waals surface area (Å²) >= 11 is 0. The molecule has 1 saturated heterocycles. The highest BCUT2D eigenvalue weighted by molar-refractivity contribution is 5.80. The van der Waals surface area contributed by atoms with Gasteiger partial charge in [0.15, 0.2) is 0 Å². The van der Waals surface area contributed by atoms with Gasteiger partial charge in [-0.25, -0.2) is 4.98 Å². The Morgan fingerprint density at radius 1 is 1.42 bits per heavy atom. The summed E-state index contributed by atoms with van der Waals surface area (Å²) in [5, 5.41) is 0. The van der Waals surface area contributed by atoms with Gasteiger partial charge in [-0.15, -0.1) is 0 Å². The first-order valence-electron chi connectivity index (χ1n) is 8.76. The number of nitrogens with zero attached hydrogens (tertiary/aromatic N) is 3. The van der Waals surface area contributed by atoms with Gasteiger partial charge in [0.2, 0.25) is 5.91 Å². The fourth-order valence-electron chi connectivity index (χ4n) is 3.63. The quantitative estimate of drug-likeness (QED) is 0.866. The Balaban J connectivity index is 1.76. The first-order chi connectivity index (χ1) is 11.5. The number of ether oxygens (including phenoxy) is 1. The fourth-order valence-corrected chi connectivity index (χ4v) is 3.63. The number of hydrogen-bond donors (Lipinski definition) is 0. The Bertz CT molecular complexity index is 722. The largest absolute Gasteiger partial charge is 0.377 e. The number of para-hydroxylation sites is 2. The molecular weight excluding hydrogens is 302 g/mol. The molecule has 2 atom stereocenters. The summed E-state index contributed by atoms with van der Waals surface area (Å²) in [5.41, 5.74) is 2.06. The topological polar surface area (TPSA) is 47.4 Å². The van der Waals surface area contributed by atoms with E-state index in [2.05, 4.69) is 29.5 Å². The van der Waals surface area contributed by atoms with Gasteiger partial charge in [0.25, 0.3) is 0 Å². The zero-order valence-electron chi connectivity index (χ0n) is 15.0. The minimum atomic E-state index is -0.0431. The van der Waals surface area contributed by atoms with Gasteiger partial charge in [0.1, 0.15) is 5.82 Å². The molecule has 2 aromatic rings. The third kappa shape index (κ3) is 3.18. The lowest BCUT2D eigenvalue weighted by atomic mass is 9.86. The number of aryl methyl sites for hydroxylation is 1. The second-order valence-electron chi connectivity index (χ2n) is 7.10. The summed E-state index contributed by atoms with van der Waals surface area (Å²) in [6.07, 6.45) is 1.89. The molecule has 1 fully saturated rings. The van der Waals surface area contributed by atoms with Crippen LogP contribution < -0.4 is 0 Å². The van der Waals surface area contributed by atoms with Crippen molar-refractivity contribution in [3.63, 3.8) is 0 Å². The smallest absolute Gasteiger partial charge is 0.228 e. The predicted octanol–water partition coefficient (Wildman–Crippen LogP) is 2.98. The summed E-state index contributed by atoms with van der Waals surface area (Å²) in [7, 11) is 3.87. The number of aromatic nitrogens is 2. The van der Waals surface area contributed by atoms with Crippen molar-refractivity contribution in [1.29, 1.82) is 0 Å². The molecule has 5 heteroatoms. The van der Waals surface area contributed by atoms with Crippen LogP contribution in [0.5, 0.6) is 0 Å². The monoisotopic (exact) mass is 329 g/mol. The van der Waals surface area contributed by atoms with Crippen molar-refractivity contribution < 1.29 is 9.53 Å². The molecule has 1 aliphatic rings. The van der Waals surface area contributed by atoms with E-state index < -0.39 is 0 Å². The molecule has 0 saturated carbocycles. The van der Waals surface area contributed by atoms with E-state index in [1.165, 1.54) is 0 Å². The van der Waals surface area contributed by atoms with Crippen LogP contribution in [0.4, 0.5) is 0 Å². The zero-order valence-corrected chi connectivity index (χ0v) is 15.0. The Labute approximate surface area is 143 Å². The lowest BCUT2D eigenvalue weighted by Gasteiger charge is -2.35. The molecule has 1 aromatic heterocycles. The number of hydrogen-bond acceptors (Lipinski definition) is 3. The number of imidazole rings is 1. The highest BCUT2D eigenvalue weighted by Crippen LogP contribution is 2.28. The van der Waals surface area contributed by atoms with E-state index in [9.17, 15) is 4.79 Å². The van der Waals surface area contributed by atoms with Gasteiger partial charge in [-0.05, 0) is 30.9 Å². The summed E-state index contributed by atoms with van der Waals surface area (Å²) in [4.78, 5) is 19.4. The number of amides is 1. The molecule has 24 heavy (non-hydrogen) atoms. The van der Waals surface area contributed by atoms with Crippen LogP contribution in [0.1, 0.15) is 32.5 Å². The number of fused-ring (bicyclic) bond motifs is 1. The molecule has 3 rings (SSSR count). The van der Waals surface area contributed by atoms with E-state index in [1.54, 1.807) is 4.90 Å². The van der Waals surface area contributed by atoms with Gasteiger partial charge >= 0.3 is 0 Å². The predicted molar refractivity (Wildman–Crippen MR) is 94.5 cm³/mol. The second kappa shape index (κ2) is 6.93. The van der Waals surface area contributed by atoms with E-state index in [1.807, 2.05) is 32.3 Å². The molecule has 5 nitrogen and oxygen atoms in total. The van der Waals surface area contributed by atoms with Crippen LogP contribution in [-0.4, -0.2) is 40.1 Å². The first kappa shape index (κ1) is 17.0. The fraction of sp³-hybridized carbons (Fsp3) is 0.579. The minimum absolute atomic E-state index is 0.0224. The van der Waals surface area contributed by atoms with Crippen LogP contribution in [0.3, 0.4) is 0 Å². The molecule has 0 unspecified atom stereocenters. The van der Waals surface area contributed by atoms with Crippen molar-refractivity contribution in [2.75, 3.05) is 13.7 Å². The zero-order chi connectivity index (χ0) is 17.3. The van der Waals surface area contributed by atoms with E-state index >= 15 is 0 Å². The molecule has 0 aliphatic carbocycles. The highest BCUT2D eigenvalue weighted by Gasteiger charge is 2.35. The highest BCUT2D eigenvalue weighted by atomic mass is 16.5. The normalized spacial score (nSPS) is 21.4. The second-order valence-corrected chi connectivity index (χ2v) is 7.10. The molecule has 0 N–H and O–H groups in total. The Morgan fingerprint density at radius 2 is 2.17 bits per heavy atom. The Morgan fingerprint density at radius 3 is 2.88 bits per heavy atom. The van der Waals surface area contributed by atoms with E-state index in [0.717, 1.165) is 36.3 Å². The van der Waals surface area contributed by atoms with Gasteiger partial charge in [0.05, 0.1) is 29.6 Å².